The third-order valence-corrected chi connectivity index (χ3v) is 3.30. The Bertz CT molecular complexity index is 507. The smallest absolute Gasteiger partial charge is 0.260 e. The van der Waals surface area contributed by atoms with Crippen LogP contribution in [0.2, 0.25) is 0 Å². The van der Waals surface area contributed by atoms with Gasteiger partial charge in [0.2, 0.25) is 0 Å². The van der Waals surface area contributed by atoms with Gasteiger partial charge in [0.25, 0.3) is 5.91 Å². The van der Waals surface area contributed by atoms with E-state index in [1.165, 1.54) is 6.92 Å². The van der Waals surface area contributed by atoms with Gasteiger partial charge in [-0.05, 0) is 37.6 Å². The maximum Gasteiger partial charge on any atom is 0.260 e. The molecule has 0 unspecified atom stereocenters. The van der Waals surface area contributed by atoms with Crippen LogP contribution in [0.1, 0.15) is 22.8 Å². The summed E-state index contributed by atoms with van der Waals surface area (Å²) in [5.74, 6) is 0.592. The molecule has 0 spiro atoms. The van der Waals surface area contributed by atoms with Gasteiger partial charge in [0.1, 0.15) is 5.75 Å². The van der Waals surface area contributed by atoms with Gasteiger partial charge in [-0.1, -0.05) is 0 Å². The number of ketones is 1. The first kappa shape index (κ1) is 14.5. The van der Waals surface area contributed by atoms with Crippen LogP contribution in [0.15, 0.2) is 18.2 Å². The maximum atomic E-state index is 11.9. The summed E-state index contributed by atoms with van der Waals surface area (Å²) in [5, 5.41) is 0. The van der Waals surface area contributed by atoms with Crippen LogP contribution in [0.5, 0.6) is 5.75 Å². The first-order chi connectivity index (χ1) is 9.58. The summed E-state index contributed by atoms with van der Waals surface area (Å²) in [6.07, 6.45) is 0. The van der Waals surface area contributed by atoms with Gasteiger partial charge in [-0.15, -0.1) is 0 Å². The highest BCUT2D eigenvalue weighted by Crippen LogP contribution is 2.17. The number of rotatable bonds is 4. The molecule has 0 N–H and O–H groups in total. The van der Waals surface area contributed by atoms with Gasteiger partial charge in [0.05, 0.1) is 13.2 Å². The van der Waals surface area contributed by atoms with Crippen molar-refractivity contribution in [3.63, 3.8) is 0 Å². The number of hydrogen-bond acceptors (Lipinski definition) is 4. The molecule has 0 aromatic heterocycles. The highest BCUT2D eigenvalue weighted by Gasteiger charge is 2.17. The monoisotopic (exact) mass is 277 g/mol. The molecule has 0 bridgehead atoms. The van der Waals surface area contributed by atoms with Gasteiger partial charge >= 0.3 is 0 Å². The summed E-state index contributed by atoms with van der Waals surface area (Å²) >= 11 is 0. The summed E-state index contributed by atoms with van der Waals surface area (Å²) in [4.78, 5) is 25.0. The lowest BCUT2D eigenvalue weighted by atomic mass is 10.1. The second kappa shape index (κ2) is 6.52. The minimum atomic E-state index is -0.0402. The Morgan fingerprint density at radius 3 is 2.60 bits per heavy atom. The number of carbonyl (C=O) groups is 2. The molecule has 1 fully saturated rings. The highest BCUT2D eigenvalue weighted by molar-refractivity contribution is 5.95. The predicted molar refractivity (Wildman–Crippen MR) is 74.1 cm³/mol. The van der Waals surface area contributed by atoms with Crippen molar-refractivity contribution in [2.24, 2.45) is 0 Å². The molecule has 1 amide bonds. The Morgan fingerprint density at radius 1 is 1.30 bits per heavy atom. The molecular weight excluding hydrogens is 258 g/mol. The van der Waals surface area contributed by atoms with Crippen LogP contribution in [0, 0.1) is 6.92 Å². The van der Waals surface area contributed by atoms with Gasteiger partial charge < -0.3 is 14.4 Å². The number of ether oxygens (including phenoxy) is 2. The van der Waals surface area contributed by atoms with Crippen LogP contribution in [0.3, 0.4) is 0 Å². The molecule has 1 heterocycles. The van der Waals surface area contributed by atoms with Crippen LogP contribution in [0.4, 0.5) is 0 Å². The summed E-state index contributed by atoms with van der Waals surface area (Å²) in [6.45, 7) is 5.79. The van der Waals surface area contributed by atoms with Gasteiger partial charge in [0, 0.05) is 18.7 Å². The van der Waals surface area contributed by atoms with Crippen LogP contribution in [-0.2, 0) is 9.53 Å². The quantitative estimate of drug-likeness (QED) is 0.781. The van der Waals surface area contributed by atoms with E-state index in [1.54, 1.807) is 23.1 Å². The molecule has 1 aliphatic rings. The molecule has 1 saturated heterocycles. The standard InChI is InChI=1S/C15H19NO4/c1-11-9-13(3-4-14(11)12(2)17)20-10-15(18)16-5-7-19-8-6-16/h3-4,9H,5-8,10H2,1-2H3. The fourth-order valence-corrected chi connectivity index (χ4v) is 2.17. The first-order valence-corrected chi connectivity index (χ1v) is 6.68. The Kier molecular flexibility index (Phi) is 4.74. The van der Waals surface area contributed by atoms with E-state index in [2.05, 4.69) is 0 Å². The maximum absolute atomic E-state index is 11.9. The zero-order chi connectivity index (χ0) is 14.5. The van der Waals surface area contributed by atoms with Gasteiger partial charge in [-0.2, -0.15) is 0 Å². The second-order valence-corrected chi connectivity index (χ2v) is 4.81. The van der Waals surface area contributed by atoms with E-state index in [9.17, 15) is 9.59 Å². The molecule has 1 aromatic rings. The number of Topliss-reactive ketones (excluding diaryl/α,β-unsaturated/α-hetero) is 1. The lowest BCUT2D eigenvalue weighted by Crippen LogP contribution is -2.42. The zero-order valence-corrected chi connectivity index (χ0v) is 11.8. The Labute approximate surface area is 118 Å². The van der Waals surface area contributed by atoms with E-state index >= 15 is 0 Å². The summed E-state index contributed by atoms with van der Waals surface area (Å²) in [7, 11) is 0. The largest absolute Gasteiger partial charge is 0.484 e. The van der Waals surface area contributed by atoms with E-state index in [1.807, 2.05) is 6.92 Å². The SMILES string of the molecule is CC(=O)c1ccc(OCC(=O)N2CCOCC2)cc1C. The van der Waals surface area contributed by atoms with Crippen molar-refractivity contribution in [3.8, 4) is 5.75 Å². The average molecular weight is 277 g/mol. The molecule has 108 valence electrons. The van der Waals surface area contributed by atoms with Crippen LogP contribution < -0.4 is 4.74 Å². The summed E-state index contributed by atoms with van der Waals surface area (Å²) < 4.78 is 10.7. The van der Waals surface area contributed by atoms with Crippen molar-refractivity contribution in [1.82, 2.24) is 4.90 Å². The summed E-state index contributed by atoms with van der Waals surface area (Å²) in [6, 6.07) is 5.23. The number of benzene rings is 1. The van der Waals surface area contributed by atoms with Crippen molar-refractivity contribution in [1.29, 1.82) is 0 Å². The number of aryl methyl sites for hydroxylation is 1. The van der Waals surface area contributed by atoms with Gasteiger partial charge in [-0.25, -0.2) is 0 Å². The molecular formula is C15H19NO4. The first-order valence-electron chi connectivity index (χ1n) is 6.68. The fraction of sp³-hybridized carbons (Fsp3) is 0.467. The zero-order valence-electron chi connectivity index (χ0n) is 11.8. The molecule has 0 saturated carbocycles. The van der Waals surface area contributed by atoms with Crippen molar-refractivity contribution < 1.29 is 19.1 Å². The van der Waals surface area contributed by atoms with E-state index in [0.717, 1.165) is 5.56 Å². The molecule has 5 heteroatoms. The van der Waals surface area contributed by atoms with Crippen LogP contribution in [-0.4, -0.2) is 49.5 Å². The van der Waals surface area contributed by atoms with E-state index < -0.39 is 0 Å². The number of carbonyl (C=O) groups excluding carboxylic acids is 2. The van der Waals surface area contributed by atoms with Crippen molar-refractivity contribution in [2.45, 2.75) is 13.8 Å². The molecule has 0 radical (unpaired) electrons. The third-order valence-electron chi connectivity index (χ3n) is 3.30. The number of amides is 1. The highest BCUT2D eigenvalue weighted by atomic mass is 16.5. The van der Waals surface area contributed by atoms with Crippen molar-refractivity contribution >= 4 is 11.7 Å². The van der Waals surface area contributed by atoms with E-state index in [0.29, 0.717) is 37.6 Å². The van der Waals surface area contributed by atoms with Gasteiger partial charge in [0.15, 0.2) is 12.4 Å². The van der Waals surface area contributed by atoms with E-state index in [4.69, 9.17) is 9.47 Å². The van der Waals surface area contributed by atoms with E-state index in [-0.39, 0.29) is 18.3 Å². The van der Waals surface area contributed by atoms with Crippen molar-refractivity contribution in [3.05, 3.63) is 29.3 Å². The van der Waals surface area contributed by atoms with Crippen LogP contribution in [0.25, 0.3) is 0 Å². The third kappa shape index (κ3) is 3.57. The lowest BCUT2D eigenvalue weighted by molar-refractivity contribution is -0.137. The number of hydrogen-bond donors (Lipinski definition) is 0. The topological polar surface area (TPSA) is 55.8 Å². The van der Waals surface area contributed by atoms with Crippen molar-refractivity contribution in [2.75, 3.05) is 32.9 Å². The molecule has 1 aromatic carbocycles. The predicted octanol–water partition coefficient (Wildman–Crippen LogP) is 1.44. The Morgan fingerprint density at radius 2 is 2.00 bits per heavy atom. The molecule has 0 atom stereocenters. The Hall–Kier alpha value is -1.88. The molecule has 20 heavy (non-hydrogen) atoms. The Balaban J connectivity index is 1.92. The molecule has 2 rings (SSSR count). The molecule has 1 aliphatic heterocycles. The van der Waals surface area contributed by atoms with Crippen LogP contribution >= 0.6 is 0 Å². The molecule has 5 nitrogen and oxygen atoms in total. The average Bonchev–Trinajstić information content (AvgIpc) is 2.45. The summed E-state index contributed by atoms with van der Waals surface area (Å²) in [5.41, 5.74) is 1.53. The number of nitrogens with zero attached hydrogens (tertiary/aromatic N) is 1. The molecule has 0 aliphatic carbocycles. The lowest BCUT2D eigenvalue weighted by Gasteiger charge is -2.26. The second-order valence-electron chi connectivity index (χ2n) is 4.81. The minimum Gasteiger partial charge on any atom is -0.484 e. The van der Waals surface area contributed by atoms with Gasteiger partial charge in [-0.3, -0.25) is 9.59 Å². The fourth-order valence-electron chi connectivity index (χ4n) is 2.17. The number of morpholine rings is 1. The normalized spacial score (nSPS) is 15.0. The minimum absolute atomic E-state index is 0.0128.